The molecule has 0 bridgehead atoms. The molecule has 2 aromatic carbocycles. The molecule has 0 N–H and O–H groups in total. The van der Waals surface area contributed by atoms with E-state index in [4.69, 9.17) is 9.47 Å². The largest absolute Gasteiger partial charge is 0.454 e. The van der Waals surface area contributed by atoms with Crippen molar-refractivity contribution in [1.82, 2.24) is 0 Å². The second-order valence-electron chi connectivity index (χ2n) is 4.01. The maximum Gasteiger partial charge on any atom is 0.231 e. The van der Waals surface area contributed by atoms with Crippen LogP contribution < -0.4 is 9.47 Å². The molecule has 1 radical (unpaired) electrons. The van der Waals surface area contributed by atoms with Gasteiger partial charge in [-0.15, -0.1) is 0 Å². The fourth-order valence-electron chi connectivity index (χ4n) is 1.89. The minimum atomic E-state index is 0.335. The summed E-state index contributed by atoms with van der Waals surface area (Å²) in [5, 5.41) is 0. The molecule has 0 fully saturated rings. The molecule has 0 saturated carbocycles. The standard InChI is InChI=1S/C15H13O2/c1-2-4-12(5-3-1)6-7-13-8-9-14-15(10-13)17-11-16-14/h1-6,8-10H,7,11H2. The molecule has 1 aliphatic heterocycles. The summed E-state index contributed by atoms with van der Waals surface area (Å²) in [6.45, 7) is 0.335. The van der Waals surface area contributed by atoms with Gasteiger partial charge in [0.25, 0.3) is 0 Å². The highest BCUT2D eigenvalue weighted by atomic mass is 16.7. The van der Waals surface area contributed by atoms with Crippen LogP contribution in [0.1, 0.15) is 11.1 Å². The van der Waals surface area contributed by atoms with E-state index in [1.807, 2.05) is 30.3 Å². The van der Waals surface area contributed by atoms with Crippen molar-refractivity contribution in [1.29, 1.82) is 0 Å². The number of ether oxygens (including phenoxy) is 2. The Hall–Kier alpha value is -1.96. The molecule has 17 heavy (non-hydrogen) atoms. The molecule has 2 aromatic rings. The summed E-state index contributed by atoms with van der Waals surface area (Å²) in [5.74, 6) is 1.69. The van der Waals surface area contributed by atoms with Gasteiger partial charge in [-0.25, -0.2) is 0 Å². The van der Waals surface area contributed by atoms with Crippen molar-refractivity contribution in [2.45, 2.75) is 6.42 Å². The Kier molecular flexibility index (Phi) is 2.70. The monoisotopic (exact) mass is 225 g/mol. The van der Waals surface area contributed by atoms with Crippen LogP contribution in [0.15, 0.2) is 48.5 Å². The SMILES string of the molecule is [CH](Cc1ccc2c(c1)OCO2)c1ccccc1. The Labute approximate surface area is 101 Å². The fraction of sp³-hybridized carbons (Fsp3) is 0.133. The first-order chi connectivity index (χ1) is 8.42. The predicted octanol–water partition coefficient (Wildman–Crippen LogP) is 3.21. The summed E-state index contributed by atoms with van der Waals surface area (Å²) >= 11 is 0. The van der Waals surface area contributed by atoms with Crippen molar-refractivity contribution in [3.8, 4) is 11.5 Å². The Morgan fingerprint density at radius 2 is 1.76 bits per heavy atom. The van der Waals surface area contributed by atoms with Gasteiger partial charge in [-0.1, -0.05) is 36.4 Å². The molecule has 1 heterocycles. The molecule has 0 aliphatic carbocycles. The molecule has 2 nitrogen and oxygen atoms in total. The smallest absolute Gasteiger partial charge is 0.231 e. The Morgan fingerprint density at radius 3 is 2.65 bits per heavy atom. The van der Waals surface area contributed by atoms with Crippen LogP contribution in [0.25, 0.3) is 0 Å². The lowest BCUT2D eigenvalue weighted by molar-refractivity contribution is 0.174. The van der Waals surface area contributed by atoms with Crippen LogP contribution in [-0.4, -0.2) is 6.79 Å². The lowest BCUT2D eigenvalue weighted by Gasteiger charge is -2.03. The zero-order valence-electron chi connectivity index (χ0n) is 9.43. The molecular weight excluding hydrogens is 212 g/mol. The number of benzene rings is 2. The van der Waals surface area contributed by atoms with Crippen molar-refractivity contribution in [2.24, 2.45) is 0 Å². The quantitative estimate of drug-likeness (QED) is 0.798. The summed E-state index contributed by atoms with van der Waals surface area (Å²) in [4.78, 5) is 0. The highest BCUT2D eigenvalue weighted by Crippen LogP contribution is 2.32. The molecule has 0 saturated heterocycles. The van der Waals surface area contributed by atoms with Crippen LogP contribution in [-0.2, 0) is 6.42 Å². The molecule has 0 aromatic heterocycles. The van der Waals surface area contributed by atoms with Gasteiger partial charge in [-0.05, 0) is 36.1 Å². The Morgan fingerprint density at radius 1 is 0.941 bits per heavy atom. The normalized spacial score (nSPS) is 12.7. The lowest BCUT2D eigenvalue weighted by atomic mass is 10.0. The molecule has 3 rings (SSSR count). The lowest BCUT2D eigenvalue weighted by Crippen LogP contribution is -1.93. The van der Waals surface area contributed by atoms with Crippen LogP contribution in [0.3, 0.4) is 0 Å². The minimum absolute atomic E-state index is 0.335. The molecule has 2 heteroatoms. The average Bonchev–Trinajstić information content (AvgIpc) is 2.85. The van der Waals surface area contributed by atoms with Crippen LogP contribution in [0, 0.1) is 6.42 Å². The predicted molar refractivity (Wildman–Crippen MR) is 66.1 cm³/mol. The fourth-order valence-corrected chi connectivity index (χ4v) is 1.89. The van der Waals surface area contributed by atoms with E-state index in [1.54, 1.807) is 0 Å². The summed E-state index contributed by atoms with van der Waals surface area (Å²) in [6, 6.07) is 16.4. The van der Waals surface area contributed by atoms with Crippen molar-refractivity contribution >= 4 is 0 Å². The van der Waals surface area contributed by atoms with Gasteiger partial charge in [-0.2, -0.15) is 0 Å². The molecule has 0 unspecified atom stereocenters. The highest BCUT2D eigenvalue weighted by molar-refractivity contribution is 5.45. The molecule has 1 aliphatic rings. The summed E-state index contributed by atoms with van der Waals surface area (Å²) < 4.78 is 10.6. The van der Waals surface area contributed by atoms with E-state index >= 15 is 0 Å². The summed E-state index contributed by atoms with van der Waals surface area (Å²) in [6.07, 6.45) is 3.11. The van der Waals surface area contributed by atoms with E-state index in [1.165, 1.54) is 11.1 Å². The van der Waals surface area contributed by atoms with Gasteiger partial charge < -0.3 is 9.47 Å². The third-order valence-corrected chi connectivity index (χ3v) is 2.81. The third kappa shape index (κ3) is 2.26. The van der Waals surface area contributed by atoms with E-state index in [9.17, 15) is 0 Å². The second-order valence-corrected chi connectivity index (χ2v) is 4.01. The van der Waals surface area contributed by atoms with Crippen molar-refractivity contribution in [2.75, 3.05) is 6.79 Å². The van der Waals surface area contributed by atoms with E-state index in [0.29, 0.717) is 6.79 Å². The molecule has 0 atom stereocenters. The Balaban J connectivity index is 1.70. The molecule has 0 spiro atoms. The maximum atomic E-state index is 5.36. The van der Waals surface area contributed by atoms with Gasteiger partial charge in [0.15, 0.2) is 11.5 Å². The van der Waals surface area contributed by atoms with Gasteiger partial charge >= 0.3 is 0 Å². The number of fused-ring (bicyclic) bond motifs is 1. The van der Waals surface area contributed by atoms with Gasteiger partial charge in [-0.3, -0.25) is 0 Å². The van der Waals surface area contributed by atoms with Crippen molar-refractivity contribution in [3.05, 3.63) is 66.1 Å². The van der Waals surface area contributed by atoms with Crippen LogP contribution in [0.4, 0.5) is 0 Å². The van der Waals surface area contributed by atoms with E-state index in [0.717, 1.165) is 17.9 Å². The van der Waals surface area contributed by atoms with Gasteiger partial charge in [0.1, 0.15) is 0 Å². The highest BCUT2D eigenvalue weighted by Gasteiger charge is 2.12. The topological polar surface area (TPSA) is 18.5 Å². The molecule has 0 amide bonds. The zero-order chi connectivity index (χ0) is 11.5. The number of rotatable bonds is 3. The zero-order valence-corrected chi connectivity index (χ0v) is 9.43. The van der Waals surface area contributed by atoms with Crippen LogP contribution in [0.5, 0.6) is 11.5 Å². The molecule has 85 valence electrons. The minimum Gasteiger partial charge on any atom is -0.454 e. The van der Waals surface area contributed by atoms with Crippen molar-refractivity contribution in [3.63, 3.8) is 0 Å². The summed E-state index contributed by atoms with van der Waals surface area (Å²) in [7, 11) is 0. The van der Waals surface area contributed by atoms with Gasteiger partial charge in [0.05, 0.1) is 0 Å². The van der Waals surface area contributed by atoms with Crippen LogP contribution in [0.2, 0.25) is 0 Å². The maximum absolute atomic E-state index is 5.36. The van der Waals surface area contributed by atoms with Gasteiger partial charge in [0.2, 0.25) is 6.79 Å². The van der Waals surface area contributed by atoms with Gasteiger partial charge in [0, 0.05) is 0 Å². The first-order valence-corrected chi connectivity index (χ1v) is 5.68. The summed E-state index contributed by atoms with van der Waals surface area (Å²) in [5.41, 5.74) is 2.48. The number of hydrogen-bond donors (Lipinski definition) is 0. The third-order valence-electron chi connectivity index (χ3n) is 2.81. The van der Waals surface area contributed by atoms with Crippen molar-refractivity contribution < 1.29 is 9.47 Å². The van der Waals surface area contributed by atoms with E-state index < -0.39 is 0 Å². The first kappa shape index (κ1) is 10.2. The van der Waals surface area contributed by atoms with E-state index in [2.05, 4.69) is 24.6 Å². The van der Waals surface area contributed by atoms with Crippen LogP contribution >= 0.6 is 0 Å². The first-order valence-electron chi connectivity index (χ1n) is 5.68. The van der Waals surface area contributed by atoms with E-state index in [-0.39, 0.29) is 0 Å². The second kappa shape index (κ2) is 4.50. The Bertz CT molecular complexity index is 506. The average molecular weight is 225 g/mol. The number of hydrogen-bond acceptors (Lipinski definition) is 2. The molecular formula is C15H13O2.